The van der Waals surface area contributed by atoms with Gasteiger partial charge in [0.05, 0.1) is 11.3 Å². The average molecular weight is 329 g/mol. The molecule has 0 heterocycles. The van der Waals surface area contributed by atoms with Crippen LogP contribution in [-0.2, 0) is 4.79 Å². The molecule has 2 aromatic rings. The van der Waals surface area contributed by atoms with Gasteiger partial charge in [-0.2, -0.15) is 0 Å². The van der Waals surface area contributed by atoms with E-state index in [0.29, 0.717) is 5.75 Å². The Morgan fingerprint density at radius 2 is 1.75 bits per heavy atom. The number of hydrogen-bond acceptors (Lipinski definition) is 5. The summed E-state index contributed by atoms with van der Waals surface area (Å²) in [6.45, 7) is 1.67. The molecule has 0 atom stereocenters. The minimum Gasteiger partial charge on any atom is -0.508 e. The van der Waals surface area contributed by atoms with Crippen molar-refractivity contribution >= 4 is 23.5 Å². The highest BCUT2D eigenvalue weighted by molar-refractivity contribution is 6.07. The number of aromatic carboxylic acids is 1. The fourth-order valence-corrected chi connectivity index (χ4v) is 1.89. The van der Waals surface area contributed by atoms with E-state index in [1.807, 2.05) is 0 Å². The smallest absolute Gasteiger partial charge is 0.337 e. The number of phenolic OH excluding ortho intramolecular Hbond substituents is 1. The summed E-state index contributed by atoms with van der Waals surface area (Å²) in [4.78, 5) is 34.5. The van der Waals surface area contributed by atoms with E-state index in [4.69, 9.17) is 9.84 Å². The zero-order valence-corrected chi connectivity index (χ0v) is 12.8. The number of aromatic hydroxyl groups is 1. The van der Waals surface area contributed by atoms with Crippen molar-refractivity contribution < 1.29 is 29.3 Å². The molecule has 0 fully saturated rings. The molecule has 1 amide bonds. The van der Waals surface area contributed by atoms with Crippen molar-refractivity contribution in [2.24, 2.45) is 0 Å². The Labute approximate surface area is 137 Å². The second-order valence-electron chi connectivity index (χ2n) is 4.84. The maximum atomic E-state index is 12.2. The van der Waals surface area contributed by atoms with E-state index in [9.17, 15) is 19.5 Å². The largest absolute Gasteiger partial charge is 0.508 e. The number of carbonyl (C=O) groups excluding carboxylic acids is 2. The first-order valence-electron chi connectivity index (χ1n) is 7.09. The summed E-state index contributed by atoms with van der Waals surface area (Å²) in [5.74, 6) is -2.09. The maximum Gasteiger partial charge on any atom is 0.337 e. The number of benzene rings is 2. The molecule has 3 N–H and O–H groups in total. The van der Waals surface area contributed by atoms with Gasteiger partial charge in [-0.1, -0.05) is 6.92 Å². The summed E-state index contributed by atoms with van der Waals surface area (Å²) in [6, 6.07) is 9.46. The van der Waals surface area contributed by atoms with Crippen LogP contribution in [0.25, 0.3) is 0 Å². The summed E-state index contributed by atoms with van der Waals surface area (Å²) in [5.41, 5.74) is 0.0966. The van der Waals surface area contributed by atoms with Crippen molar-refractivity contribution in [3.63, 3.8) is 0 Å². The predicted octanol–water partition coefficient (Wildman–Crippen LogP) is 2.66. The van der Waals surface area contributed by atoms with E-state index in [1.54, 1.807) is 6.92 Å². The predicted molar refractivity (Wildman–Crippen MR) is 85.4 cm³/mol. The van der Waals surface area contributed by atoms with Crippen LogP contribution >= 0.6 is 0 Å². The van der Waals surface area contributed by atoms with Gasteiger partial charge in [-0.15, -0.1) is 0 Å². The zero-order valence-electron chi connectivity index (χ0n) is 12.8. The first kappa shape index (κ1) is 17.0. The van der Waals surface area contributed by atoms with Gasteiger partial charge < -0.3 is 20.3 Å². The van der Waals surface area contributed by atoms with Gasteiger partial charge in [0.25, 0.3) is 5.91 Å². The third-order valence-electron chi connectivity index (χ3n) is 3.12. The highest BCUT2D eigenvalue weighted by Gasteiger charge is 2.14. The third-order valence-corrected chi connectivity index (χ3v) is 3.12. The molecule has 2 aromatic carbocycles. The zero-order chi connectivity index (χ0) is 17.7. The molecule has 0 aliphatic heterocycles. The van der Waals surface area contributed by atoms with Gasteiger partial charge in [0.1, 0.15) is 11.5 Å². The van der Waals surface area contributed by atoms with E-state index < -0.39 is 11.9 Å². The Morgan fingerprint density at radius 3 is 2.33 bits per heavy atom. The number of carboxylic acids is 1. The Morgan fingerprint density at radius 1 is 1.08 bits per heavy atom. The fraction of sp³-hybridized carbons (Fsp3) is 0.118. The Balaban J connectivity index is 2.16. The molecule has 0 unspecified atom stereocenters. The Hall–Kier alpha value is -3.35. The molecule has 0 aromatic heterocycles. The van der Waals surface area contributed by atoms with Crippen LogP contribution < -0.4 is 10.1 Å². The molecule has 0 radical (unpaired) electrons. The van der Waals surface area contributed by atoms with Crippen molar-refractivity contribution in [3.05, 3.63) is 53.6 Å². The normalized spacial score (nSPS) is 10.0. The van der Waals surface area contributed by atoms with Gasteiger partial charge >= 0.3 is 11.9 Å². The van der Waals surface area contributed by atoms with E-state index in [-0.39, 0.29) is 35.0 Å². The number of carboxylic acid groups (broad SMARTS) is 1. The van der Waals surface area contributed by atoms with E-state index in [2.05, 4.69) is 5.32 Å². The average Bonchev–Trinajstić information content (AvgIpc) is 2.56. The van der Waals surface area contributed by atoms with Crippen LogP contribution in [0.3, 0.4) is 0 Å². The van der Waals surface area contributed by atoms with Gasteiger partial charge in [0.2, 0.25) is 0 Å². The topological polar surface area (TPSA) is 113 Å². The fourth-order valence-electron chi connectivity index (χ4n) is 1.89. The SMILES string of the molecule is CCC(=O)Oc1ccc(C(=O)Nc2ccc(O)cc2C(=O)O)cc1. The number of amides is 1. The monoisotopic (exact) mass is 329 g/mol. The number of carbonyl (C=O) groups is 3. The van der Waals surface area contributed by atoms with E-state index in [0.717, 1.165) is 6.07 Å². The molecule has 0 aliphatic rings. The van der Waals surface area contributed by atoms with Crippen molar-refractivity contribution in [2.45, 2.75) is 13.3 Å². The molecule has 0 saturated carbocycles. The molecule has 2 rings (SSSR count). The van der Waals surface area contributed by atoms with Gasteiger partial charge in [0, 0.05) is 12.0 Å². The number of esters is 1. The minimum atomic E-state index is -1.27. The lowest BCUT2D eigenvalue weighted by molar-refractivity contribution is -0.134. The number of nitrogens with one attached hydrogen (secondary N) is 1. The van der Waals surface area contributed by atoms with Gasteiger partial charge in [-0.3, -0.25) is 9.59 Å². The van der Waals surface area contributed by atoms with Crippen LogP contribution in [0.1, 0.15) is 34.1 Å². The van der Waals surface area contributed by atoms with Crippen molar-refractivity contribution in [1.82, 2.24) is 0 Å². The van der Waals surface area contributed by atoms with Crippen LogP contribution in [0.2, 0.25) is 0 Å². The molecular formula is C17H15NO6. The number of rotatable bonds is 5. The first-order valence-corrected chi connectivity index (χ1v) is 7.09. The van der Waals surface area contributed by atoms with Gasteiger partial charge in [-0.05, 0) is 42.5 Å². The summed E-state index contributed by atoms with van der Waals surface area (Å²) < 4.78 is 5.00. The number of anilines is 1. The summed E-state index contributed by atoms with van der Waals surface area (Å²) in [5, 5.41) is 20.9. The number of phenols is 1. The highest BCUT2D eigenvalue weighted by Crippen LogP contribution is 2.22. The van der Waals surface area contributed by atoms with Crippen LogP contribution in [0.4, 0.5) is 5.69 Å². The van der Waals surface area contributed by atoms with Crippen LogP contribution in [0.15, 0.2) is 42.5 Å². The lowest BCUT2D eigenvalue weighted by Gasteiger charge is -2.09. The van der Waals surface area contributed by atoms with E-state index >= 15 is 0 Å². The summed E-state index contributed by atoms with van der Waals surface area (Å²) in [7, 11) is 0. The van der Waals surface area contributed by atoms with Gasteiger partial charge in [-0.25, -0.2) is 4.79 Å². The highest BCUT2D eigenvalue weighted by atomic mass is 16.5. The first-order chi connectivity index (χ1) is 11.4. The number of ether oxygens (including phenoxy) is 1. The molecule has 0 spiro atoms. The van der Waals surface area contributed by atoms with Crippen LogP contribution in [0.5, 0.6) is 11.5 Å². The molecule has 7 nitrogen and oxygen atoms in total. The molecular weight excluding hydrogens is 314 g/mol. The lowest BCUT2D eigenvalue weighted by atomic mass is 10.1. The second-order valence-corrected chi connectivity index (χ2v) is 4.84. The molecule has 0 bridgehead atoms. The Kier molecular flexibility index (Phi) is 5.16. The summed E-state index contributed by atoms with van der Waals surface area (Å²) in [6.07, 6.45) is 0.237. The van der Waals surface area contributed by atoms with E-state index in [1.165, 1.54) is 36.4 Å². The van der Waals surface area contributed by atoms with Crippen molar-refractivity contribution in [2.75, 3.05) is 5.32 Å². The van der Waals surface area contributed by atoms with Crippen LogP contribution in [-0.4, -0.2) is 28.1 Å². The second kappa shape index (κ2) is 7.28. The Bertz CT molecular complexity index is 782. The molecule has 124 valence electrons. The number of hydrogen-bond donors (Lipinski definition) is 3. The van der Waals surface area contributed by atoms with Crippen LogP contribution in [0, 0.1) is 0 Å². The lowest BCUT2D eigenvalue weighted by Crippen LogP contribution is -2.15. The summed E-state index contributed by atoms with van der Waals surface area (Å²) >= 11 is 0. The quantitative estimate of drug-likeness (QED) is 0.441. The maximum absolute atomic E-state index is 12.2. The standard InChI is InChI=1S/C17H15NO6/c1-2-15(20)24-12-6-3-10(4-7-12)16(21)18-14-8-5-11(19)9-13(14)17(22)23/h3-9,19H,2H2,1H3,(H,18,21)(H,22,23). The molecule has 24 heavy (non-hydrogen) atoms. The van der Waals surface area contributed by atoms with Crippen molar-refractivity contribution in [1.29, 1.82) is 0 Å². The minimum absolute atomic E-state index is 0.0618. The van der Waals surface area contributed by atoms with Gasteiger partial charge in [0.15, 0.2) is 0 Å². The molecule has 7 heteroatoms. The third kappa shape index (κ3) is 4.10. The van der Waals surface area contributed by atoms with Crippen molar-refractivity contribution in [3.8, 4) is 11.5 Å². The molecule has 0 aliphatic carbocycles. The molecule has 0 saturated heterocycles.